The number of nitrogens with one attached hydrogen (secondary N) is 1. The number of ether oxygens (including phenoxy) is 1. The van der Waals surface area contributed by atoms with Crippen LogP contribution in [-0.2, 0) is 9.53 Å². The fourth-order valence-electron chi connectivity index (χ4n) is 3.30. The summed E-state index contributed by atoms with van der Waals surface area (Å²) < 4.78 is 44.0. The number of carbonyl (C=O) groups is 1. The molecule has 1 saturated carbocycles. The first-order chi connectivity index (χ1) is 15.9. The lowest BCUT2D eigenvalue weighted by Crippen LogP contribution is -2.41. The van der Waals surface area contributed by atoms with E-state index in [1.807, 2.05) is 27.7 Å². The number of nitrogens with two attached hydrogens (primary N) is 1. The fraction of sp³-hybridized carbons (Fsp3) is 0.615. The molecule has 0 aliphatic heterocycles. The maximum atomic E-state index is 12.9. The third kappa shape index (κ3) is 11.4. The molecule has 1 amide bonds. The van der Waals surface area contributed by atoms with Crippen LogP contribution in [0.2, 0.25) is 0 Å². The molecule has 1 unspecified atom stereocenters. The van der Waals surface area contributed by atoms with E-state index < -0.39 is 12.1 Å². The predicted molar refractivity (Wildman–Crippen MR) is 133 cm³/mol. The molecule has 0 aromatic carbocycles. The molecule has 0 radical (unpaired) electrons. The van der Waals surface area contributed by atoms with Gasteiger partial charge in [0.2, 0.25) is 0 Å². The Balaban J connectivity index is 0.00000251. The van der Waals surface area contributed by atoms with Gasteiger partial charge >= 0.3 is 6.18 Å². The van der Waals surface area contributed by atoms with Crippen molar-refractivity contribution in [3.63, 3.8) is 0 Å². The first-order valence-electron chi connectivity index (χ1n) is 11.7. The molecule has 0 aromatic rings. The first kappa shape index (κ1) is 31.3. The summed E-state index contributed by atoms with van der Waals surface area (Å²) >= 11 is 0. The van der Waals surface area contributed by atoms with Crippen LogP contribution in [0.25, 0.3) is 0 Å². The van der Waals surface area contributed by atoms with Crippen molar-refractivity contribution in [3.05, 3.63) is 35.9 Å². The second kappa shape index (κ2) is 16.0. The molecular formula is C26H40F3N3O2. The minimum Gasteiger partial charge on any atom is -0.495 e. The molecule has 0 bridgehead atoms. The zero-order valence-electron chi connectivity index (χ0n) is 21.1. The van der Waals surface area contributed by atoms with Gasteiger partial charge in [-0.1, -0.05) is 33.4 Å². The van der Waals surface area contributed by atoms with Gasteiger partial charge in [0, 0.05) is 12.5 Å². The standard InChI is InChI=1S/C22H34F3N3O2.C4H6/c1-6-12-30-13-18(14(3)4)28-20(26)19(15(5)7-2)21(29)27-17-10-8-16(9-11-17)22(23,24)25;1-3-4-2/h6,12,15-17H,3,7-11,13,26H2,1-2,4-5H3,(H,27,29);1H,4H2,2H3/b12-6-,20-19+,28-18-;. The van der Waals surface area contributed by atoms with E-state index in [0.717, 1.165) is 6.42 Å². The highest BCUT2D eigenvalue weighted by Crippen LogP contribution is 2.37. The second-order valence-corrected chi connectivity index (χ2v) is 8.35. The Labute approximate surface area is 202 Å². The van der Waals surface area contributed by atoms with E-state index in [0.29, 0.717) is 36.1 Å². The quantitative estimate of drug-likeness (QED) is 0.182. The van der Waals surface area contributed by atoms with Gasteiger partial charge in [0.25, 0.3) is 5.91 Å². The Morgan fingerprint density at radius 3 is 2.29 bits per heavy atom. The molecule has 1 atom stereocenters. The molecule has 0 saturated heterocycles. The van der Waals surface area contributed by atoms with E-state index in [1.165, 1.54) is 6.26 Å². The lowest BCUT2D eigenvalue weighted by Gasteiger charge is -2.31. The van der Waals surface area contributed by atoms with Gasteiger partial charge in [-0.2, -0.15) is 13.2 Å². The highest BCUT2D eigenvalue weighted by Gasteiger charge is 2.41. The molecule has 8 heteroatoms. The molecule has 0 spiro atoms. The highest BCUT2D eigenvalue weighted by atomic mass is 19.4. The number of rotatable bonds is 9. The molecule has 1 aliphatic rings. The Hall–Kier alpha value is -2.69. The van der Waals surface area contributed by atoms with Gasteiger partial charge in [-0.25, -0.2) is 4.99 Å². The molecule has 5 nitrogen and oxygen atoms in total. The molecule has 0 aromatic heterocycles. The predicted octanol–water partition coefficient (Wildman–Crippen LogP) is 6.04. The van der Waals surface area contributed by atoms with Crippen LogP contribution in [0.1, 0.15) is 73.1 Å². The first-order valence-corrected chi connectivity index (χ1v) is 11.7. The minimum absolute atomic E-state index is 0.0204. The van der Waals surface area contributed by atoms with Crippen molar-refractivity contribution in [1.82, 2.24) is 5.32 Å². The summed E-state index contributed by atoms with van der Waals surface area (Å²) in [6, 6.07) is -0.300. The van der Waals surface area contributed by atoms with Gasteiger partial charge in [-0.15, -0.1) is 12.3 Å². The van der Waals surface area contributed by atoms with E-state index in [9.17, 15) is 18.0 Å². The van der Waals surface area contributed by atoms with Crippen molar-refractivity contribution in [3.8, 4) is 12.3 Å². The van der Waals surface area contributed by atoms with Crippen LogP contribution in [0.5, 0.6) is 0 Å². The van der Waals surface area contributed by atoms with E-state index in [1.54, 1.807) is 13.0 Å². The maximum absolute atomic E-state index is 12.9. The van der Waals surface area contributed by atoms with Gasteiger partial charge in [-0.05, 0) is 57.4 Å². The van der Waals surface area contributed by atoms with E-state index in [2.05, 4.69) is 22.8 Å². The zero-order valence-corrected chi connectivity index (χ0v) is 21.1. The Bertz CT molecular complexity index is 784. The summed E-state index contributed by atoms with van der Waals surface area (Å²) in [7, 11) is 0. The number of carbonyl (C=O) groups excluding carboxylic acids is 1. The summed E-state index contributed by atoms with van der Waals surface area (Å²) in [5, 5.41) is 2.86. The molecule has 1 fully saturated rings. The normalized spacial score (nSPS) is 20.4. The summed E-state index contributed by atoms with van der Waals surface area (Å²) in [6.45, 7) is 13.4. The minimum atomic E-state index is -4.18. The van der Waals surface area contributed by atoms with Gasteiger partial charge in [-0.3, -0.25) is 4.79 Å². The summed E-state index contributed by atoms with van der Waals surface area (Å²) in [6.07, 6.45) is 6.00. The van der Waals surface area contributed by atoms with Gasteiger partial charge in [0.05, 0.1) is 23.5 Å². The Morgan fingerprint density at radius 1 is 1.32 bits per heavy atom. The summed E-state index contributed by atoms with van der Waals surface area (Å²) in [5.41, 5.74) is 7.71. The fourth-order valence-corrected chi connectivity index (χ4v) is 3.30. The van der Waals surface area contributed by atoms with Crippen molar-refractivity contribution in [2.45, 2.75) is 85.4 Å². The molecule has 3 N–H and O–H groups in total. The molecule has 192 valence electrons. The van der Waals surface area contributed by atoms with Crippen LogP contribution < -0.4 is 11.1 Å². The van der Waals surface area contributed by atoms with E-state index >= 15 is 0 Å². The average Bonchev–Trinajstić information content (AvgIpc) is 2.78. The summed E-state index contributed by atoms with van der Waals surface area (Å²) in [5.74, 6) is 0.674. The number of terminal acetylenes is 1. The topological polar surface area (TPSA) is 76.7 Å². The number of allylic oxidation sites excluding steroid dienone is 1. The smallest absolute Gasteiger partial charge is 0.391 e. The van der Waals surface area contributed by atoms with Crippen molar-refractivity contribution >= 4 is 11.6 Å². The highest BCUT2D eigenvalue weighted by molar-refractivity contribution is 6.01. The van der Waals surface area contributed by atoms with Gasteiger partial charge in [0.15, 0.2) is 0 Å². The van der Waals surface area contributed by atoms with Crippen molar-refractivity contribution in [1.29, 1.82) is 0 Å². The molecule has 1 rings (SSSR count). The Morgan fingerprint density at radius 2 is 1.88 bits per heavy atom. The van der Waals surface area contributed by atoms with Crippen LogP contribution >= 0.6 is 0 Å². The second-order valence-electron chi connectivity index (χ2n) is 8.35. The Kier molecular flexibility index (Phi) is 14.8. The lowest BCUT2D eigenvalue weighted by molar-refractivity contribution is -0.182. The van der Waals surface area contributed by atoms with Crippen LogP contribution in [-0.4, -0.2) is 30.4 Å². The average molecular weight is 484 g/mol. The van der Waals surface area contributed by atoms with Crippen LogP contribution in [0.3, 0.4) is 0 Å². The largest absolute Gasteiger partial charge is 0.495 e. The zero-order chi connectivity index (χ0) is 26.3. The van der Waals surface area contributed by atoms with Gasteiger partial charge < -0.3 is 15.8 Å². The van der Waals surface area contributed by atoms with Crippen molar-refractivity contribution in [2.75, 3.05) is 6.61 Å². The number of amides is 1. The SMILES string of the molecule is C#CCC.C=C(C)/C(CO/C=C\C)=N\C(N)=C(\C(=O)NC1CCC(C(F)(F)F)CC1)C(C)CC. The number of nitrogens with zero attached hydrogens (tertiary/aromatic N) is 1. The van der Waals surface area contributed by atoms with E-state index in [-0.39, 0.29) is 43.1 Å². The van der Waals surface area contributed by atoms with Crippen molar-refractivity contribution < 1.29 is 22.7 Å². The molecule has 34 heavy (non-hydrogen) atoms. The third-order valence-corrected chi connectivity index (χ3v) is 5.56. The number of hydrogen-bond acceptors (Lipinski definition) is 4. The maximum Gasteiger partial charge on any atom is 0.391 e. The van der Waals surface area contributed by atoms with Crippen LogP contribution in [0, 0.1) is 24.2 Å². The number of halogens is 3. The van der Waals surface area contributed by atoms with E-state index in [4.69, 9.17) is 16.9 Å². The number of aliphatic imine (C=N–C) groups is 1. The van der Waals surface area contributed by atoms with Crippen LogP contribution in [0.15, 0.2) is 40.9 Å². The molecular weight excluding hydrogens is 443 g/mol. The number of alkyl halides is 3. The van der Waals surface area contributed by atoms with Crippen molar-refractivity contribution in [2.24, 2.45) is 22.6 Å². The summed E-state index contributed by atoms with van der Waals surface area (Å²) in [4.78, 5) is 17.3. The molecule has 1 aliphatic carbocycles. The lowest BCUT2D eigenvalue weighted by atomic mass is 9.85. The molecule has 0 heterocycles. The third-order valence-electron chi connectivity index (χ3n) is 5.56. The van der Waals surface area contributed by atoms with Crippen LogP contribution in [0.4, 0.5) is 13.2 Å². The monoisotopic (exact) mass is 483 g/mol. The number of hydrogen-bond donors (Lipinski definition) is 2. The van der Waals surface area contributed by atoms with Gasteiger partial charge in [0.1, 0.15) is 12.4 Å².